The summed E-state index contributed by atoms with van der Waals surface area (Å²) in [5.41, 5.74) is 2.00. The minimum atomic E-state index is -0.110. The van der Waals surface area contributed by atoms with Crippen LogP contribution in [-0.4, -0.2) is 55.9 Å². The highest BCUT2D eigenvalue weighted by atomic mass is 32.2. The van der Waals surface area contributed by atoms with Crippen LogP contribution in [0.4, 0.5) is 0 Å². The first kappa shape index (κ1) is 21.3. The zero-order chi connectivity index (χ0) is 21.8. The molecular weight excluding hydrogens is 432 g/mol. The summed E-state index contributed by atoms with van der Waals surface area (Å²) in [4.78, 5) is 19.2. The summed E-state index contributed by atoms with van der Waals surface area (Å²) in [5.74, 6) is 1.04. The average molecular weight is 455 g/mol. The largest absolute Gasteiger partial charge is 0.497 e. The van der Waals surface area contributed by atoms with E-state index in [9.17, 15) is 4.79 Å². The molecule has 0 aliphatic rings. The van der Waals surface area contributed by atoms with E-state index >= 15 is 0 Å². The van der Waals surface area contributed by atoms with Gasteiger partial charge in [0, 0.05) is 7.05 Å². The number of carbonyl (C=O) groups is 1. The van der Waals surface area contributed by atoms with Crippen LogP contribution in [-0.2, 0) is 11.3 Å². The number of thioether (sulfide) groups is 1. The molecule has 0 saturated heterocycles. The lowest BCUT2D eigenvalue weighted by atomic mass is 10.2. The van der Waals surface area contributed by atoms with Crippen molar-refractivity contribution in [2.45, 2.75) is 24.7 Å². The second kappa shape index (κ2) is 9.44. The number of fused-ring (bicyclic) bond motifs is 1. The zero-order valence-electron chi connectivity index (χ0n) is 17.4. The van der Waals surface area contributed by atoms with Crippen LogP contribution < -0.4 is 4.74 Å². The van der Waals surface area contributed by atoms with Crippen LogP contribution in [0.25, 0.3) is 10.2 Å². The highest BCUT2D eigenvalue weighted by Gasteiger charge is 2.21. The Labute approximate surface area is 188 Å². The van der Waals surface area contributed by atoms with Crippen molar-refractivity contribution in [2.75, 3.05) is 19.9 Å². The van der Waals surface area contributed by atoms with Crippen molar-refractivity contribution < 1.29 is 9.53 Å². The third kappa shape index (κ3) is 4.86. The van der Waals surface area contributed by atoms with Crippen LogP contribution in [0.15, 0.2) is 53.7 Å². The fourth-order valence-corrected chi connectivity index (χ4v) is 4.84. The fourth-order valence-electron chi connectivity index (χ4n) is 2.98. The standard InChI is InChI=1S/C21H22N6O2S2/c1-14(20-22-17-6-4-5-7-18(17)31-20)26(2)19(28)13-30-21-23-24-25-27(21)12-15-8-10-16(29-3)11-9-15/h4-11,14H,12-13H2,1-3H3. The molecule has 1 atom stereocenters. The van der Waals surface area contributed by atoms with Crippen LogP contribution in [0.2, 0.25) is 0 Å². The van der Waals surface area contributed by atoms with Gasteiger partial charge in [0.15, 0.2) is 0 Å². The molecule has 0 radical (unpaired) electrons. The van der Waals surface area contributed by atoms with Crippen molar-refractivity contribution in [1.29, 1.82) is 0 Å². The Morgan fingerprint density at radius 3 is 2.74 bits per heavy atom. The second-order valence-electron chi connectivity index (χ2n) is 6.96. The molecule has 0 saturated carbocycles. The Kier molecular flexibility index (Phi) is 6.47. The number of methoxy groups -OCH3 is 1. The fraction of sp³-hybridized carbons (Fsp3) is 0.286. The number of hydrogen-bond acceptors (Lipinski definition) is 8. The molecule has 0 N–H and O–H groups in total. The highest BCUT2D eigenvalue weighted by Crippen LogP contribution is 2.29. The summed E-state index contributed by atoms with van der Waals surface area (Å²) in [7, 11) is 3.44. The molecule has 10 heteroatoms. The molecule has 2 aromatic heterocycles. The minimum absolute atomic E-state index is 0.00393. The molecule has 0 fully saturated rings. The summed E-state index contributed by atoms with van der Waals surface area (Å²) in [6.45, 7) is 2.51. The van der Waals surface area contributed by atoms with Gasteiger partial charge < -0.3 is 9.64 Å². The number of ether oxygens (including phenoxy) is 1. The monoisotopic (exact) mass is 454 g/mol. The molecule has 0 spiro atoms. The van der Waals surface area contributed by atoms with E-state index in [0.29, 0.717) is 11.7 Å². The second-order valence-corrected chi connectivity index (χ2v) is 8.96. The van der Waals surface area contributed by atoms with Gasteiger partial charge in [-0.05, 0) is 47.2 Å². The quantitative estimate of drug-likeness (QED) is 0.376. The predicted molar refractivity (Wildman–Crippen MR) is 121 cm³/mol. The Bertz CT molecular complexity index is 1140. The Hall–Kier alpha value is -2.98. The van der Waals surface area contributed by atoms with E-state index in [1.165, 1.54) is 11.8 Å². The SMILES string of the molecule is COc1ccc(Cn2nnnc2SCC(=O)N(C)C(C)c2nc3ccccc3s2)cc1. The van der Waals surface area contributed by atoms with Crippen molar-refractivity contribution in [2.24, 2.45) is 0 Å². The van der Waals surface area contributed by atoms with E-state index in [2.05, 4.69) is 20.5 Å². The number of aromatic nitrogens is 5. The van der Waals surface area contributed by atoms with Crippen molar-refractivity contribution in [3.05, 3.63) is 59.1 Å². The van der Waals surface area contributed by atoms with Crippen LogP contribution in [0.3, 0.4) is 0 Å². The maximum atomic E-state index is 12.8. The lowest BCUT2D eigenvalue weighted by molar-refractivity contribution is -0.128. The number of thiazole rings is 1. The van der Waals surface area contributed by atoms with Crippen LogP contribution in [0.1, 0.15) is 23.5 Å². The van der Waals surface area contributed by atoms with Gasteiger partial charge in [0.25, 0.3) is 0 Å². The van der Waals surface area contributed by atoms with Crippen LogP contribution in [0.5, 0.6) is 5.75 Å². The maximum Gasteiger partial charge on any atom is 0.233 e. The van der Waals surface area contributed by atoms with Gasteiger partial charge in [0.05, 0.1) is 35.7 Å². The number of para-hydroxylation sites is 1. The number of carbonyl (C=O) groups excluding carboxylic acids is 1. The van der Waals surface area contributed by atoms with Crippen molar-refractivity contribution in [3.63, 3.8) is 0 Å². The average Bonchev–Trinajstić information content (AvgIpc) is 3.43. The summed E-state index contributed by atoms with van der Waals surface area (Å²) in [6.07, 6.45) is 0. The molecule has 0 aliphatic heterocycles. The molecular formula is C21H22N6O2S2. The molecule has 1 amide bonds. The van der Waals surface area contributed by atoms with Crippen molar-refractivity contribution in [1.82, 2.24) is 30.1 Å². The van der Waals surface area contributed by atoms with E-state index in [4.69, 9.17) is 4.74 Å². The van der Waals surface area contributed by atoms with Gasteiger partial charge in [-0.25, -0.2) is 9.67 Å². The first-order chi connectivity index (χ1) is 15.0. The number of hydrogen-bond donors (Lipinski definition) is 0. The summed E-state index contributed by atoms with van der Waals surface area (Å²) in [6, 6.07) is 15.6. The van der Waals surface area contributed by atoms with Gasteiger partial charge in [-0.1, -0.05) is 36.0 Å². The third-order valence-corrected chi connectivity index (χ3v) is 7.11. The van der Waals surface area contributed by atoms with Crippen LogP contribution >= 0.6 is 23.1 Å². The number of tetrazole rings is 1. The van der Waals surface area contributed by atoms with E-state index in [1.807, 2.05) is 55.5 Å². The maximum absolute atomic E-state index is 12.8. The Morgan fingerprint density at radius 1 is 1.23 bits per heavy atom. The Balaban J connectivity index is 1.37. The predicted octanol–water partition coefficient (Wildman–Crippen LogP) is 3.65. The van der Waals surface area contributed by atoms with E-state index in [1.54, 1.807) is 35.1 Å². The van der Waals surface area contributed by atoms with Gasteiger partial charge in [0.2, 0.25) is 11.1 Å². The topological polar surface area (TPSA) is 86.0 Å². The van der Waals surface area contributed by atoms with Crippen molar-refractivity contribution in [3.8, 4) is 5.75 Å². The molecule has 2 aromatic carbocycles. The number of benzene rings is 2. The molecule has 2 heterocycles. The van der Waals surface area contributed by atoms with Gasteiger partial charge in [-0.3, -0.25) is 4.79 Å². The van der Waals surface area contributed by atoms with E-state index < -0.39 is 0 Å². The lowest BCUT2D eigenvalue weighted by Crippen LogP contribution is -2.31. The van der Waals surface area contributed by atoms with Gasteiger partial charge in [0.1, 0.15) is 10.8 Å². The molecule has 8 nitrogen and oxygen atoms in total. The minimum Gasteiger partial charge on any atom is -0.497 e. The summed E-state index contributed by atoms with van der Waals surface area (Å²) < 4.78 is 8.00. The van der Waals surface area contributed by atoms with Gasteiger partial charge in [-0.2, -0.15) is 0 Å². The summed E-state index contributed by atoms with van der Waals surface area (Å²) in [5, 5.41) is 13.4. The normalized spacial score (nSPS) is 12.1. The zero-order valence-corrected chi connectivity index (χ0v) is 19.1. The molecule has 160 valence electrons. The Morgan fingerprint density at radius 2 is 2.00 bits per heavy atom. The first-order valence-electron chi connectivity index (χ1n) is 9.68. The number of rotatable bonds is 8. The lowest BCUT2D eigenvalue weighted by Gasteiger charge is -2.23. The van der Waals surface area contributed by atoms with Gasteiger partial charge >= 0.3 is 0 Å². The third-order valence-electron chi connectivity index (χ3n) is 4.96. The molecule has 1 unspecified atom stereocenters. The van der Waals surface area contributed by atoms with Crippen LogP contribution in [0, 0.1) is 0 Å². The smallest absolute Gasteiger partial charge is 0.233 e. The van der Waals surface area contributed by atoms with E-state index in [-0.39, 0.29) is 17.7 Å². The molecule has 4 rings (SSSR count). The highest BCUT2D eigenvalue weighted by molar-refractivity contribution is 7.99. The molecule has 0 bridgehead atoms. The molecule has 0 aliphatic carbocycles. The van der Waals surface area contributed by atoms with E-state index in [0.717, 1.165) is 26.5 Å². The first-order valence-corrected chi connectivity index (χ1v) is 11.5. The molecule has 4 aromatic rings. The molecule has 31 heavy (non-hydrogen) atoms. The van der Waals surface area contributed by atoms with Crippen molar-refractivity contribution >= 4 is 39.2 Å². The number of amides is 1. The summed E-state index contributed by atoms with van der Waals surface area (Å²) >= 11 is 2.94. The van der Waals surface area contributed by atoms with Gasteiger partial charge in [-0.15, -0.1) is 16.4 Å². The number of nitrogens with zero attached hydrogens (tertiary/aromatic N) is 6.